The number of rotatable bonds is 7. The van der Waals surface area contributed by atoms with Crippen LogP contribution >= 0.6 is 0 Å². The summed E-state index contributed by atoms with van der Waals surface area (Å²) in [6.07, 6.45) is 2.71. The van der Waals surface area contributed by atoms with E-state index in [1.807, 2.05) is 36.4 Å². The molecule has 4 nitrogen and oxygen atoms in total. The number of para-hydroxylation sites is 1. The van der Waals surface area contributed by atoms with Gasteiger partial charge in [0.25, 0.3) is 0 Å². The Morgan fingerprint density at radius 3 is 2.71 bits per heavy atom. The predicted molar refractivity (Wildman–Crippen MR) is 71.1 cm³/mol. The first-order chi connectivity index (χ1) is 8.33. The minimum atomic E-state index is -0.167. The molecule has 0 bridgehead atoms. The van der Waals surface area contributed by atoms with Gasteiger partial charge >= 0.3 is 6.03 Å². The Balaban J connectivity index is 2.07. The van der Waals surface area contributed by atoms with Gasteiger partial charge in [-0.2, -0.15) is 0 Å². The topological polar surface area (TPSA) is 53.2 Å². The summed E-state index contributed by atoms with van der Waals surface area (Å²) in [6, 6.07) is 9.22. The molecule has 1 aromatic carbocycles. The summed E-state index contributed by atoms with van der Waals surface area (Å²) in [6.45, 7) is 5.94. The quantitative estimate of drug-likeness (QED) is 0.498. The van der Waals surface area contributed by atoms with Gasteiger partial charge < -0.3 is 16.0 Å². The maximum absolute atomic E-state index is 11.4. The average Bonchev–Trinajstić information content (AvgIpc) is 2.35. The number of benzene rings is 1. The van der Waals surface area contributed by atoms with E-state index in [1.165, 1.54) is 0 Å². The Labute approximate surface area is 102 Å². The zero-order valence-corrected chi connectivity index (χ0v) is 9.91. The third-order valence-corrected chi connectivity index (χ3v) is 2.14. The van der Waals surface area contributed by atoms with Gasteiger partial charge in [0.1, 0.15) is 0 Å². The van der Waals surface area contributed by atoms with Crippen molar-refractivity contribution in [2.24, 2.45) is 0 Å². The molecule has 17 heavy (non-hydrogen) atoms. The maximum atomic E-state index is 11.4. The van der Waals surface area contributed by atoms with Crippen molar-refractivity contribution in [3.63, 3.8) is 0 Å². The number of carbonyl (C=O) groups is 1. The average molecular weight is 233 g/mol. The van der Waals surface area contributed by atoms with Crippen LogP contribution < -0.4 is 16.0 Å². The summed E-state index contributed by atoms with van der Waals surface area (Å²) >= 11 is 0. The molecule has 0 saturated heterocycles. The Morgan fingerprint density at radius 1 is 1.24 bits per heavy atom. The van der Waals surface area contributed by atoms with Crippen LogP contribution in [0.15, 0.2) is 43.0 Å². The van der Waals surface area contributed by atoms with E-state index >= 15 is 0 Å². The molecule has 0 fully saturated rings. The van der Waals surface area contributed by atoms with Crippen LogP contribution in [0.3, 0.4) is 0 Å². The number of nitrogens with one attached hydrogen (secondary N) is 3. The van der Waals surface area contributed by atoms with Gasteiger partial charge in [-0.1, -0.05) is 24.3 Å². The molecule has 92 valence electrons. The molecular weight excluding hydrogens is 214 g/mol. The number of hydrogen-bond donors (Lipinski definition) is 3. The minimum Gasteiger partial charge on any atom is -0.338 e. The molecule has 0 aromatic heterocycles. The molecule has 1 aromatic rings. The number of urea groups is 1. The lowest BCUT2D eigenvalue weighted by Crippen LogP contribution is -2.31. The number of hydrogen-bond acceptors (Lipinski definition) is 2. The Kier molecular flexibility index (Phi) is 6.51. The van der Waals surface area contributed by atoms with Crippen LogP contribution in [-0.4, -0.2) is 25.7 Å². The summed E-state index contributed by atoms with van der Waals surface area (Å²) in [5, 5.41) is 8.72. The molecular formula is C13H19N3O. The van der Waals surface area contributed by atoms with Gasteiger partial charge in [0, 0.05) is 18.8 Å². The molecule has 0 atom stereocenters. The van der Waals surface area contributed by atoms with Crippen molar-refractivity contribution in [1.29, 1.82) is 0 Å². The molecule has 0 aliphatic carbocycles. The zero-order valence-electron chi connectivity index (χ0n) is 9.91. The van der Waals surface area contributed by atoms with E-state index in [-0.39, 0.29) is 6.03 Å². The van der Waals surface area contributed by atoms with Crippen LogP contribution in [0.5, 0.6) is 0 Å². The maximum Gasteiger partial charge on any atom is 0.319 e. The smallest absolute Gasteiger partial charge is 0.319 e. The van der Waals surface area contributed by atoms with E-state index in [1.54, 1.807) is 0 Å². The summed E-state index contributed by atoms with van der Waals surface area (Å²) in [5.74, 6) is 0. The van der Waals surface area contributed by atoms with E-state index in [0.717, 1.165) is 25.2 Å². The van der Waals surface area contributed by atoms with Gasteiger partial charge in [0.2, 0.25) is 0 Å². The lowest BCUT2D eigenvalue weighted by Gasteiger charge is -2.07. The summed E-state index contributed by atoms with van der Waals surface area (Å²) < 4.78 is 0. The van der Waals surface area contributed by atoms with Crippen LogP contribution in [-0.2, 0) is 0 Å². The molecule has 0 spiro atoms. The van der Waals surface area contributed by atoms with Crippen LogP contribution in [0.25, 0.3) is 0 Å². The van der Waals surface area contributed by atoms with E-state index in [0.29, 0.717) is 6.54 Å². The van der Waals surface area contributed by atoms with Gasteiger partial charge in [-0.05, 0) is 25.1 Å². The molecule has 0 radical (unpaired) electrons. The van der Waals surface area contributed by atoms with Crippen molar-refractivity contribution in [3.8, 4) is 0 Å². The van der Waals surface area contributed by atoms with Crippen molar-refractivity contribution >= 4 is 11.7 Å². The molecule has 4 heteroatoms. The summed E-state index contributed by atoms with van der Waals surface area (Å²) in [5.41, 5.74) is 0.801. The molecule has 1 rings (SSSR count). The largest absolute Gasteiger partial charge is 0.338 e. The highest BCUT2D eigenvalue weighted by molar-refractivity contribution is 5.89. The number of anilines is 1. The van der Waals surface area contributed by atoms with Crippen LogP contribution in [0.2, 0.25) is 0 Å². The summed E-state index contributed by atoms with van der Waals surface area (Å²) in [7, 11) is 0. The number of amides is 2. The van der Waals surface area contributed by atoms with Crippen molar-refractivity contribution < 1.29 is 4.79 Å². The summed E-state index contributed by atoms with van der Waals surface area (Å²) in [4.78, 5) is 11.4. The fraction of sp³-hybridized carbons (Fsp3) is 0.308. The molecule has 2 amide bonds. The van der Waals surface area contributed by atoms with E-state index in [9.17, 15) is 4.79 Å². The van der Waals surface area contributed by atoms with Gasteiger partial charge in [0.15, 0.2) is 0 Å². The minimum absolute atomic E-state index is 0.167. The second kappa shape index (κ2) is 8.35. The lowest BCUT2D eigenvalue weighted by atomic mass is 10.3. The fourth-order valence-electron chi connectivity index (χ4n) is 1.32. The monoisotopic (exact) mass is 233 g/mol. The fourth-order valence-corrected chi connectivity index (χ4v) is 1.32. The zero-order chi connectivity index (χ0) is 12.3. The second-order valence-corrected chi connectivity index (χ2v) is 3.59. The molecule has 3 N–H and O–H groups in total. The lowest BCUT2D eigenvalue weighted by molar-refractivity contribution is 0.252. The van der Waals surface area contributed by atoms with E-state index in [2.05, 4.69) is 22.5 Å². The third kappa shape index (κ3) is 6.37. The standard InChI is InChI=1S/C13H19N3O/c1-2-9-14-10-6-11-15-13(17)16-12-7-4-3-5-8-12/h2-5,7-8,14H,1,6,9-11H2,(H2,15,16,17). The van der Waals surface area contributed by atoms with Crippen molar-refractivity contribution in [2.45, 2.75) is 6.42 Å². The highest BCUT2D eigenvalue weighted by atomic mass is 16.2. The molecule has 0 aliphatic heterocycles. The molecule has 0 aliphatic rings. The van der Waals surface area contributed by atoms with E-state index in [4.69, 9.17) is 0 Å². The SMILES string of the molecule is C=CCNCCCNC(=O)Nc1ccccc1. The van der Waals surface area contributed by atoms with Gasteiger partial charge in [-0.25, -0.2) is 4.79 Å². The first-order valence-corrected chi connectivity index (χ1v) is 5.74. The normalized spacial score (nSPS) is 9.65. The van der Waals surface area contributed by atoms with Crippen molar-refractivity contribution in [2.75, 3.05) is 25.0 Å². The third-order valence-electron chi connectivity index (χ3n) is 2.14. The first kappa shape index (κ1) is 13.3. The molecule has 0 saturated carbocycles. The Morgan fingerprint density at radius 2 is 2.00 bits per heavy atom. The van der Waals surface area contributed by atoms with Gasteiger partial charge in [0.05, 0.1) is 0 Å². The Hall–Kier alpha value is -1.81. The van der Waals surface area contributed by atoms with E-state index < -0.39 is 0 Å². The first-order valence-electron chi connectivity index (χ1n) is 5.74. The van der Waals surface area contributed by atoms with Crippen LogP contribution in [0.1, 0.15) is 6.42 Å². The Bertz CT molecular complexity index is 338. The second-order valence-electron chi connectivity index (χ2n) is 3.59. The highest BCUT2D eigenvalue weighted by Gasteiger charge is 1.99. The van der Waals surface area contributed by atoms with Crippen LogP contribution in [0, 0.1) is 0 Å². The number of carbonyl (C=O) groups excluding carboxylic acids is 1. The van der Waals surface area contributed by atoms with Gasteiger partial charge in [-0.15, -0.1) is 6.58 Å². The van der Waals surface area contributed by atoms with Crippen molar-refractivity contribution in [1.82, 2.24) is 10.6 Å². The van der Waals surface area contributed by atoms with Crippen LogP contribution in [0.4, 0.5) is 10.5 Å². The predicted octanol–water partition coefficient (Wildman–Crippen LogP) is 1.97. The highest BCUT2D eigenvalue weighted by Crippen LogP contribution is 2.03. The molecule has 0 heterocycles. The van der Waals surface area contributed by atoms with Gasteiger partial charge in [-0.3, -0.25) is 0 Å². The van der Waals surface area contributed by atoms with Crippen molar-refractivity contribution in [3.05, 3.63) is 43.0 Å². The molecule has 0 unspecified atom stereocenters.